The minimum atomic E-state index is 0.154. The van der Waals surface area contributed by atoms with Crippen LogP contribution in [0.1, 0.15) is 29.6 Å². The maximum absolute atomic E-state index is 12.3. The molecule has 5 nitrogen and oxygen atoms in total. The molecule has 3 rings (SSSR count). The summed E-state index contributed by atoms with van der Waals surface area (Å²) in [6, 6.07) is 7.73. The van der Waals surface area contributed by atoms with E-state index in [1.165, 1.54) is 0 Å². The quantitative estimate of drug-likeness (QED) is 0.827. The molecule has 1 aliphatic heterocycles. The number of halogens is 1. The molecule has 0 unspecified atom stereocenters. The lowest BCUT2D eigenvalue weighted by molar-refractivity contribution is -0.127. The predicted molar refractivity (Wildman–Crippen MR) is 90.6 cm³/mol. The molecular weight excluding hydrogens is 334 g/mol. The molecule has 0 aliphatic carbocycles. The third-order valence-corrected chi connectivity index (χ3v) is 5.21. The van der Waals surface area contributed by atoms with E-state index in [-0.39, 0.29) is 11.8 Å². The van der Waals surface area contributed by atoms with E-state index in [4.69, 9.17) is 16.1 Å². The molecule has 0 saturated carbocycles. The first-order valence-electron chi connectivity index (χ1n) is 7.52. The van der Waals surface area contributed by atoms with Crippen molar-refractivity contribution >= 4 is 29.3 Å². The Hall–Kier alpha value is -1.53. The van der Waals surface area contributed by atoms with E-state index < -0.39 is 0 Å². The number of nitrogens with zero attached hydrogens (tertiary/aromatic N) is 3. The molecule has 122 valence electrons. The van der Waals surface area contributed by atoms with Crippen molar-refractivity contribution in [1.82, 2.24) is 15.0 Å². The van der Waals surface area contributed by atoms with E-state index in [0.717, 1.165) is 29.3 Å². The highest BCUT2D eigenvalue weighted by Crippen LogP contribution is 2.27. The molecule has 7 heteroatoms. The first-order valence-corrected chi connectivity index (χ1v) is 9.06. The van der Waals surface area contributed by atoms with Gasteiger partial charge in [0.15, 0.2) is 5.82 Å². The van der Waals surface area contributed by atoms with Crippen molar-refractivity contribution in [3.05, 3.63) is 46.6 Å². The zero-order valence-corrected chi connectivity index (χ0v) is 14.4. The first kappa shape index (κ1) is 16.3. The summed E-state index contributed by atoms with van der Waals surface area (Å²) in [5, 5.41) is 4.57. The summed E-state index contributed by atoms with van der Waals surface area (Å²) in [7, 11) is 0. The number of rotatable bonds is 5. The van der Waals surface area contributed by atoms with Gasteiger partial charge in [-0.05, 0) is 25.0 Å². The monoisotopic (exact) mass is 351 g/mol. The van der Waals surface area contributed by atoms with Crippen LogP contribution in [0, 0.1) is 6.92 Å². The van der Waals surface area contributed by atoms with Crippen LogP contribution in [0.25, 0.3) is 0 Å². The van der Waals surface area contributed by atoms with Gasteiger partial charge in [-0.25, -0.2) is 0 Å². The molecule has 1 fully saturated rings. The van der Waals surface area contributed by atoms with Gasteiger partial charge in [0, 0.05) is 23.9 Å². The first-order chi connectivity index (χ1) is 11.1. The second-order valence-electron chi connectivity index (χ2n) is 5.59. The van der Waals surface area contributed by atoms with Crippen LogP contribution in [0.5, 0.6) is 0 Å². The molecule has 1 atom stereocenters. The number of hydrogen-bond acceptors (Lipinski definition) is 5. The predicted octanol–water partition coefficient (Wildman–Crippen LogP) is 3.28. The Morgan fingerprint density at radius 2 is 2.30 bits per heavy atom. The summed E-state index contributed by atoms with van der Waals surface area (Å²) in [4.78, 5) is 18.4. The summed E-state index contributed by atoms with van der Waals surface area (Å²) >= 11 is 7.71. The molecule has 1 saturated heterocycles. The Kier molecular flexibility index (Phi) is 5.23. The van der Waals surface area contributed by atoms with Crippen molar-refractivity contribution in [2.45, 2.75) is 25.0 Å². The van der Waals surface area contributed by atoms with Crippen LogP contribution < -0.4 is 0 Å². The number of hydrogen-bond donors (Lipinski definition) is 0. The molecule has 2 aromatic rings. The van der Waals surface area contributed by atoms with Gasteiger partial charge >= 0.3 is 0 Å². The standard InChI is InChI=1S/C16H18ClN3O2S/c1-11-18-16(22-19-11)12-6-7-20(8-12)15(21)10-23-9-13-4-2-3-5-14(13)17/h2-5,12H,6-10H2,1H3/t12-/m1/s1. The Balaban J connectivity index is 1.47. The van der Waals surface area contributed by atoms with Crippen molar-refractivity contribution < 1.29 is 9.32 Å². The van der Waals surface area contributed by atoms with Crippen LogP contribution in [0.15, 0.2) is 28.8 Å². The fourth-order valence-corrected chi connectivity index (χ4v) is 3.84. The number of amides is 1. The number of carbonyl (C=O) groups is 1. The minimum Gasteiger partial charge on any atom is -0.341 e. The van der Waals surface area contributed by atoms with Crippen molar-refractivity contribution in [3.63, 3.8) is 0 Å². The lowest BCUT2D eigenvalue weighted by atomic mass is 10.1. The summed E-state index contributed by atoms with van der Waals surface area (Å²) in [5.41, 5.74) is 1.06. The molecule has 23 heavy (non-hydrogen) atoms. The molecule has 0 bridgehead atoms. The largest absolute Gasteiger partial charge is 0.341 e. The number of carbonyl (C=O) groups excluding carboxylic acids is 1. The van der Waals surface area contributed by atoms with Crippen molar-refractivity contribution in [2.24, 2.45) is 0 Å². The van der Waals surface area contributed by atoms with Gasteiger partial charge in [-0.1, -0.05) is 35.0 Å². The van der Waals surface area contributed by atoms with Crippen LogP contribution in [-0.4, -0.2) is 39.8 Å². The Labute approximate surface area is 144 Å². The molecule has 2 heterocycles. The van der Waals surface area contributed by atoms with Crippen molar-refractivity contribution in [1.29, 1.82) is 0 Å². The zero-order valence-electron chi connectivity index (χ0n) is 12.9. The molecule has 1 amide bonds. The van der Waals surface area contributed by atoms with E-state index in [1.807, 2.05) is 29.2 Å². The molecule has 0 spiro atoms. The molecule has 1 aromatic heterocycles. The molecule has 1 aliphatic rings. The lowest BCUT2D eigenvalue weighted by Gasteiger charge is -2.15. The fraction of sp³-hybridized carbons (Fsp3) is 0.438. The SMILES string of the molecule is Cc1noc([C@@H]2CCN(C(=O)CSCc3ccccc3Cl)C2)n1. The van der Waals surface area contributed by atoms with E-state index in [2.05, 4.69) is 10.1 Å². The third-order valence-electron chi connectivity index (χ3n) is 3.87. The van der Waals surface area contributed by atoms with Gasteiger partial charge in [0.1, 0.15) is 0 Å². The highest BCUT2D eigenvalue weighted by molar-refractivity contribution is 7.99. The Morgan fingerprint density at radius 3 is 3.04 bits per heavy atom. The van der Waals surface area contributed by atoms with E-state index in [0.29, 0.717) is 24.0 Å². The minimum absolute atomic E-state index is 0.154. The molecule has 0 radical (unpaired) electrons. The van der Waals surface area contributed by atoms with Crippen LogP contribution in [0.2, 0.25) is 5.02 Å². The van der Waals surface area contributed by atoms with Crippen molar-refractivity contribution in [2.75, 3.05) is 18.8 Å². The number of aryl methyl sites for hydroxylation is 1. The second kappa shape index (κ2) is 7.36. The molecule has 0 N–H and O–H groups in total. The van der Waals surface area contributed by atoms with Crippen LogP contribution in [0.3, 0.4) is 0 Å². The molecule has 1 aromatic carbocycles. The number of benzene rings is 1. The van der Waals surface area contributed by atoms with Gasteiger partial charge in [0.25, 0.3) is 0 Å². The van der Waals surface area contributed by atoms with Gasteiger partial charge < -0.3 is 9.42 Å². The van der Waals surface area contributed by atoms with Crippen molar-refractivity contribution in [3.8, 4) is 0 Å². The number of likely N-dealkylation sites (tertiary alicyclic amines) is 1. The second-order valence-corrected chi connectivity index (χ2v) is 6.98. The summed E-state index contributed by atoms with van der Waals surface area (Å²) in [5.74, 6) is 2.79. The smallest absolute Gasteiger partial charge is 0.232 e. The fourth-order valence-electron chi connectivity index (χ4n) is 2.62. The van der Waals surface area contributed by atoms with Crippen LogP contribution >= 0.6 is 23.4 Å². The van der Waals surface area contributed by atoms with Gasteiger partial charge in [-0.15, -0.1) is 11.8 Å². The highest BCUT2D eigenvalue weighted by atomic mass is 35.5. The topological polar surface area (TPSA) is 59.2 Å². The zero-order chi connectivity index (χ0) is 16.2. The van der Waals surface area contributed by atoms with Crippen LogP contribution in [-0.2, 0) is 10.5 Å². The van der Waals surface area contributed by atoms with E-state index in [1.54, 1.807) is 18.7 Å². The number of aromatic nitrogens is 2. The van der Waals surface area contributed by atoms with Gasteiger partial charge in [-0.3, -0.25) is 4.79 Å². The normalized spacial score (nSPS) is 17.7. The molecular formula is C16H18ClN3O2S. The highest BCUT2D eigenvalue weighted by Gasteiger charge is 2.30. The van der Waals surface area contributed by atoms with Gasteiger partial charge in [0.05, 0.1) is 11.7 Å². The maximum atomic E-state index is 12.3. The lowest BCUT2D eigenvalue weighted by Crippen LogP contribution is -2.30. The maximum Gasteiger partial charge on any atom is 0.232 e. The number of thioether (sulfide) groups is 1. The van der Waals surface area contributed by atoms with E-state index >= 15 is 0 Å². The Morgan fingerprint density at radius 1 is 1.48 bits per heavy atom. The average molecular weight is 352 g/mol. The summed E-state index contributed by atoms with van der Waals surface area (Å²) < 4.78 is 5.21. The van der Waals surface area contributed by atoms with Gasteiger partial charge in [-0.2, -0.15) is 4.98 Å². The average Bonchev–Trinajstić information content (AvgIpc) is 3.18. The third kappa shape index (κ3) is 4.06. The summed E-state index contributed by atoms with van der Waals surface area (Å²) in [6.45, 7) is 3.21. The van der Waals surface area contributed by atoms with Gasteiger partial charge in [0.2, 0.25) is 11.8 Å². The Bertz CT molecular complexity index is 691. The van der Waals surface area contributed by atoms with Crippen LogP contribution in [0.4, 0.5) is 0 Å². The summed E-state index contributed by atoms with van der Waals surface area (Å²) in [6.07, 6.45) is 0.878. The van der Waals surface area contributed by atoms with E-state index in [9.17, 15) is 4.79 Å².